The molecule has 146 valence electrons. The third-order valence-corrected chi connectivity index (χ3v) is 4.48. The van der Waals surface area contributed by atoms with Gasteiger partial charge < -0.3 is 20.6 Å². The fraction of sp³-hybridized carbons (Fsp3) is 0.368. The van der Waals surface area contributed by atoms with Crippen molar-refractivity contribution in [2.45, 2.75) is 32.5 Å². The molecule has 1 unspecified atom stereocenters. The van der Waals surface area contributed by atoms with Gasteiger partial charge in [0.2, 0.25) is 5.95 Å². The molecule has 0 radical (unpaired) electrons. The highest BCUT2D eigenvalue weighted by Gasteiger charge is 2.22. The molecule has 9 heteroatoms. The Hall–Kier alpha value is -3.25. The molecule has 1 aliphatic heterocycles. The summed E-state index contributed by atoms with van der Waals surface area (Å²) >= 11 is 0. The van der Waals surface area contributed by atoms with Crippen LogP contribution < -0.4 is 10.6 Å². The predicted molar refractivity (Wildman–Crippen MR) is 99.7 cm³/mol. The molecule has 3 rings (SSSR count). The summed E-state index contributed by atoms with van der Waals surface area (Å²) in [4.78, 5) is 22.8. The molecule has 2 aromatic rings. The van der Waals surface area contributed by atoms with Gasteiger partial charge in [-0.2, -0.15) is 5.26 Å². The van der Waals surface area contributed by atoms with Gasteiger partial charge in [0.25, 0.3) is 0 Å². The van der Waals surface area contributed by atoms with Crippen LogP contribution in [0.3, 0.4) is 0 Å². The molecule has 0 bridgehead atoms. The zero-order chi connectivity index (χ0) is 20.1. The average molecular weight is 384 g/mol. The zero-order valence-corrected chi connectivity index (χ0v) is 15.4. The molecule has 0 saturated carbocycles. The third kappa shape index (κ3) is 4.53. The van der Waals surface area contributed by atoms with Gasteiger partial charge in [-0.3, -0.25) is 0 Å². The van der Waals surface area contributed by atoms with E-state index in [4.69, 9.17) is 10.4 Å². The van der Waals surface area contributed by atoms with Gasteiger partial charge in [0.05, 0.1) is 24.4 Å². The molecular weight excluding hydrogens is 363 g/mol. The fourth-order valence-corrected chi connectivity index (χ4v) is 2.86. The Morgan fingerprint density at radius 3 is 3.04 bits per heavy atom. The number of urea groups is 1. The first-order valence-electron chi connectivity index (χ1n) is 8.93. The number of rotatable bonds is 5. The summed E-state index contributed by atoms with van der Waals surface area (Å²) in [5.41, 5.74) is 2.30. The lowest BCUT2D eigenvalue weighted by Gasteiger charge is -2.28. The Morgan fingerprint density at radius 1 is 1.50 bits per heavy atom. The van der Waals surface area contributed by atoms with Crippen LogP contribution in [0.5, 0.6) is 0 Å². The molecule has 3 N–H and O–H groups in total. The van der Waals surface area contributed by atoms with Crippen molar-refractivity contribution in [2.75, 3.05) is 18.5 Å². The highest BCUT2D eigenvalue weighted by Crippen LogP contribution is 2.18. The summed E-state index contributed by atoms with van der Waals surface area (Å²) in [6.45, 7) is 2.81. The lowest BCUT2D eigenvalue weighted by molar-refractivity contribution is 0.191. The van der Waals surface area contributed by atoms with Crippen molar-refractivity contribution in [3.63, 3.8) is 0 Å². The number of anilines is 1. The standard InChI is InChI=1S/C19H21FN6O2/c1-12(11-27)24-18-22-9-15-4-5-26(10-17(15)25-18)19(28)23-8-13-2-3-14(7-21)16(20)6-13/h2-3,6,9,12,27H,4-5,8,10-11H2,1H3,(H,23,28)(H,22,24,25). The Kier molecular flexibility index (Phi) is 6.01. The van der Waals surface area contributed by atoms with Crippen LogP contribution in [-0.2, 0) is 19.5 Å². The first kappa shape index (κ1) is 19.5. The quantitative estimate of drug-likeness (QED) is 0.721. The van der Waals surface area contributed by atoms with Crippen LogP contribution in [0.15, 0.2) is 24.4 Å². The summed E-state index contributed by atoms with van der Waals surface area (Å²) < 4.78 is 13.7. The molecule has 0 spiro atoms. The molecule has 1 aromatic heterocycles. The van der Waals surface area contributed by atoms with Crippen LogP contribution in [0.1, 0.15) is 29.3 Å². The van der Waals surface area contributed by atoms with Crippen LogP contribution in [0.2, 0.25) is 0 Å². The number of nitrogens with one attached hydrogen (secondary N) is 2. The second-order valence-corrected chi connectivity index (χ2v) is 6.65. The lowest BCUT2D eigenvalue weighted by atomic mass is 10.1. The van der Waals surface area contributed by atoms with E-state index in [1.165, 1.54) is 12.1 Å². The number of carbonyl (C=O) groups is 1. The van der Waals surface area contributed by atoms with Crippen molar-refractivity contribution >= 4 is 12.0 Å². The number of aliphatic hydroxyl groups excluding tert-OH is 1. The van der Waals surface area contributed by atoms with Crippen molar-refractivity contribution in [3.8, 4) is 6.07 Å². The highest BCUT2D eigenvalue weighted by molar-refractivity contribution is 5.74. The Morgan fingerprint density at radius 2 is 2.32 bits per heavy atom. The fourth-order valence-electron chi connectivity index (χ4n) is 2.86. The van der Waals surface area contributed by atoms with Gasteiger partial charge in [-0.15, -0.1) is 0 Å². The van der Waals surface area contributed by atoms with Gasteiger partial charge in [0.1, 0.15) is 11.9 Å². The van der Waals surface area contributed by atoms with Crippen molar-refractivity contribution in [2.24, 2.45) is 0 Å². The second kappa shape index (κ2) is 8.63. The molecule has 2 heterocycles. The van der Waals surface area contributed by atoms with E-state index in [0.717, 1.165) is 11.3 Å². The minimum Gasteiger partial charge on any atom is -0.394 e. The number of fused-ring (bicyclic) bond motifs is 1. The monoisotopic (exact) mass is 384 g/mol. The normalized spacial score (nSPS) is 14.0. The van der Waals surface area contributed by atoms with Crippen molar-refractivity contribution < 1.29 is 14.3 Å². The van der Waals surface area contributed by atoms with E-state index in [-0.39, 0.29) is 30.8 Å². The highest BCUT2D eigenvalue weighted by atomic mass is 19.1. The van der Waals surface area contributed by atoms with Crippen LogP contribution in [0, 0.1) is 17.1 Å². The number of benzene rings is 1. The van der Waals surface area contributed by atoms with Crippen LogP contribution in [0.4, 0.5) is 15.1 Å². The maximum atomic E-state index is 13.7. The number of carbonyl (C=O) groups excluding carboxylic acids is 1. The maximum absolute atomic E-state index is 13.7. The first-order chi connectivity index (χ1) is 13.5. The van der Waals surface area contributed by atoms with Gasteiger partial charge in [-0.05, 0) is 36.6 Å². The van der Waals surface area contributed by atoms with Gasteiger partial charge in [-0.25, -0.2) is 19.2 Å². The van der Waals surface area contributed by atoms with Crippen molar-refractivity contribution in [1.82, 2.24) is 20.2 Å². The van der Waals surface area contributed by atoms with E-state index in [0.29, 0.717) is 31.0 Å². The van der Waals surface area contributed by atoms with Crippen LogP contribution in [0.25, 0.3) is 0 Å². The number of amides is 2. The van der Waals surface area contributed by atoms with Crippen LogP contribution >= 0.6 is 0 Å². The topological polar surface area (TPSA) is 114 Å². The number of hydrogen-bond donors (Lipinski definition) is 3. The molecule has 28 heavy (non-hydrogen) atoms. The van der Waals surface area contributed by atoms with E-state index in [1.54, 1.807) is 23.2 Å². The number of aromatic nitrogens is 2. The zero-order valence-electron chi connectivity index (χ0n) is 15.4. The first-order valence-corrected chi connectivity index (χ1v) is 8.93. The SMILES string of the molecule is CC(CO)Nc1ncc2c(n1)CN(C(=O)NCc1ccc(C#N)c(F)c1)CC2. The third-order valence-electron chi connectivity index (χ3n) is 4.48. The summed E-state index contributed by atoms with van der Waals surface area (Å²) in [7, 11) is 0. The minimum atomic E-state index is -0.602. The largest absolute Gasteiger partial charge is 0.394 e. The molecule has 0 fully saturated rings. The van der Waals surface area contributed by atoms with Gasteiger partial charge in [0, 0.05) is 25.3 Å². The molecule has 1 aromatic carbocycles. The van der Waals surface area contributed by atoms with E-state index >= 15 is 0 Å². The number of nitriles is 1. The smallest absolute Gasteiger partial charge is 0.318 e. The Labute approximate surface area is 162 Å². The summed E-state index contributed by atoms with van der Waals surface area (Å²) in [6.07, 6.45) is 2.38. The van der Waals surface area contributed by atoms with E-state index in [9.17, 15) is 9.18 Å². The van der Waals surface area contributed by atoms with E-state index in [1.807, 2.05) is 6.92 Å². The molecule has 0 saturated heterocycles. The predicted octanol–water partition coefficient (Wildman–Crippen LogP) is 1.55. The number of aliphatic hydroxyl groups is 1. The number of nitrogens with zero attached hydrogens (tertiary/aromatic N) is 4. The molecule has 1 aliphatic rings. The molecular formula is C19H21FN6O2. The number of halogens is 1. The second-order valence-electron chi connectivity index (χ2n) is 6.65. The molecule has 8 nitrogen and oxygen atoms in total. The average Bonchev–Trinajstić information content (AvgIpc) is 2.71. The van der Waals surface area contributed by atoms with Crippen molar-refractivity contribution in [3.05, 3.63) is 52.6 Å². The van der Waals surface area contributed by atoms with E-state index in [2.05, 4.69) is 20.6 Å². The molecule has 1 atom stereocenters. The lowest BCUT2D eigenvalue weighted by Crippen LogP contribution is -2.42. The molecule has 0 aliphatic carbocycles. The van der Waals surface area contributed by atoms with Gasteiger partial charge in [-0.1, -0.05) is 6.07 Å². The van der Waals surface area contributed by atoms with Crippen molar-refractivity contribution in [1.29, 1.82) is 5.26 Å². The summed E-state index contributed by atoms with van der Waals surface area (Å²) in [5, 5.41) is 23.7. The number of hydrogen-bond acceptors (Lipinski definition) is 6. The summed E-state index contributed by atoms with van der Waals surface area (Å²) in [6, 6.07) is 5.58. The van der Waals surface area contributed by atoms with Crippen LogP contribution in [-0.4, -0.2) is 45.2 Å². The minimum absolute atomic E-state index is 0.0256. The Balaban J connectivity index is 1.61. The van der Waals surface area contributed by atoms with E-state index < -0.39 is 5.82 Å². The van der Waals surface area contributed by atoms with Gasteiger partial charge >= 0.3 is 6.03 Å². The maximum Gasteiger partial charge on any atom is 0.318 e. The van der Waals surface area contributed by atoms with Gasteiger partial charge in [0.15, 0.2) is 0 Å². The Bertz CT molecular complexity index is 914. The summed E-state index contributed by atoms with van der Waals surface area (Å²) in [5.74, 6) is -0.189. The molecule has 2 amide bonds.